The summed E-state index contributed by atoms with van der Waals surface area (Å²) < 4.78 is 0. The van der Waals surface area contributed by atoms with E-state index in [0.29, 0.717) is 19.4 Å². The molecule has 1 saturated heterocycles. The van der Waals surface area contributed by atoms with Crippen LogP contribution in [0.25, 0.3) is 0 Å². The third-order valence-corrected chi connectivity index (χ3v) is 3.18. The topological polar surface area (TPSA) is 87.3 Å². The first-order chi connectivity index (χ1) is 8.36. The highest BCUT2D eigenvalue weighted by Crippen LogP contribution is 2.15. The van der Waals surface area contributed by atoms with Crippen molar-refractivity contribution in [1.82, 2.24) is 16.0 Å². The van der Waals surface area contributed by atoms with E-state index in [1.54, 1.807) is 20.9 Å². The van der Waals surface area contributed by atoms with Gasteiger partial charge < -0.3 is 16.0 Å². The lowest BCUT2D eigenvalue weighted by Crippen LogP contribution is -2.48. The molecular weight excluding hydrogens is 234 g/mol. The second kappa shape index (κ2) is 5.84. The highest BCUT2D eigenvalue weighted by molar-refractivity contribution is 5.85. The molecule has 0 bridgehead atoms. The number of rotatable bonds is 4. The van der Waals surface area contributed by atoms with E-state index in [9.17, 15) is 14.4 Å². The summed E-state index contributed by atoms with van der Waals surface area (Å²) in [6.45, 7) is 4.21. The second-order valence-corrected chi connectivity index (χ2v) is 5.22. The molecule has 0 aliphatic carbocycles. The van der Waals surface area contributed by atoms with Crippen LogP contribution >= 0.6 is 0 Å². The Hall–Kier alpha value is -1.59. The van der Waals surface area contributed by atoms with Crippen molar-refractivity contribution in [3.63, 3.8) is 0 Å². The van der Waals surface area contributed by atoms with Gasteiger partial charge in [0.15, 0.2) is 0 Å². The van der Waals surface area contributed by atoms with E-state index in [4.69, 9.17) is 0 Å². The van der Waals surface area contributed by atoms with Gasteiger partial charge in [0.25, 0.3) is 0 Å². The molecule has 1 unspecified atom stereocenters. The molecule has 1 atom stereocenters. The highest BCUT2D eigenvalue weighted by Gasteiger charge is 2.29. The first-order valence-corrected chi connectivity index (χ1v) is 6.13. The monoisotopic (exact) mass is 255 g/mol. The average molecular weight is 255 g/mol. The predicted octanol–water partition coefficient (Wildman–Crippen LogP) is -0.599. The van der Waals surface area contributed by atoms with E-state index in [1.165, 1.54) is 0 Å². The van der Waals surface area contributed by atoms with Crippen LogP contribution in [0.5, 0.6) is 0 Å². The van der Waals surface area contributed by atoms with Gasteiger partial charge in [0.05, 0.1) is 11.3 Å². The number of piperidine rings is 1. The van der Waals surface area contributed by atoms with Gasteiger partial charge in [-0.2, -0.15) is 0 Å². The Morgan fingerprint density at radius 2 is 2.11 bits per heavy atom. The van der Waals surface area contributed by atoms with Crippen LogP contribution in [-0.4, -0.2) is 37.9 Å². The molecule has 3 amide bonds. The van der Waals surface area contributed by atoms with Crippen molar-refractivity contribution in [1.29, 1.82) is 0 Å². The summed E-state index contributed by atoms with van der Waals surface area (Å²) in [4.78, 5) is 34.4. The fourth-order valence-electron chi connectivity index (χ4n) is 1.83. The van der Waals surface area contributed by atoms with E-state index < -0.39 is 5.41 Å². The SMILES string of the molecule is CNC(=O)C(C)(C)CNC(=O)C1CCC(=O)NC1. The molecule has 1 heterocycles. The van der Waals surface area contributed by atoms with Crippen molar-refractivity contribution in [2.24, 2.45) is 11.3 Å². The summed E-state index contributed by atoms with van der Waals surface area (Å²) in [5.41, 5.74) is -0.637. The summed E-state index contributed by atoms with van der Waals surface area (Å²) in [6.07, 6.45) is 0.953. The minimum Gasteiger partial charge on any atom is -0.359 e. The molecule has 3 N–H and O–H groups in total. The smallest absolute Gasteiger partial charge is 0.227 e. The standard InChI is InChI=1S/C12H21N3O3/c1-12(2,11(18)13-3)7-15-10(17)8-4-5-9(16)14-6-8/h8H,4-7H2,1-3H3,(H,13,18)(H,14,16)(H,15,17). The van der Waals surface area contributed by atoms with Gasteiger partial charge in [-0.3, -0.25) is 14.4 Å². The molecule has 0 spiro atoms. The Morgan fingerprint density at radius 3 is 2.61 bits per heavy atom. The van der Waals surface area contributed by atoms with Crippen LogP contribution in [0.2, 0.25) is 0 Å². The van der Waals surface area contributed by atoms with E-state index in [2.05, 4.69) is 16.0 Å². The van der Waals surface area contributed by atoms with Crippen LogP contribution in [0.15, 0.2) is 0 Å². The molecule has 102 valence electrons. The van der Waals surface area contributed by atoms with Crippen LogP contribution in [-0.2, 0) is 14.4 Å². The largest absolute Gasteiger partial charge is 0.359 e. The molecule has 1 aliphatic heterocycles. The highest BCUT2D eigenvalue weighted by atomic mass is 16.2. The van der Waals surface area contributed by atoms with Gasteiger partial charge in [0.2, 0.25) is 17.7 Å². The molecular formula is C12H21N3O3. The third kappa shape index (κ3) is 3.72. The summed E-state index contributed by atoms with van der Waals surface area (Å²) in [7, 11) is 1.57. The van der Waals surface area contributed by atoms with Gasteiger partial charge in [0, 0.05) is 26.6 Å². The molecule has 6 heteroatoms. The number of hydrogen-bond donors (Lipinski definition) is 3. The van der Waals surface area contributed by atoms with Crippen molar-refractivity contribution < 1.29 is 14.4 Å². The van der Waals surface area contributed by atoms with Crippen molar-refractivity contribution >= 4 is 17.7 Å². The molecule has 1 aliphatic rings. The van der Waals surface area contributed by atoms with Crippen LogP contribution in [0.4, 0.5) is 0 Å². The number of nitrogens with one attached hydrogen (secondary N) is 3. The minimum atomic E-state index is -0.637. The van der Waals surface area contributed by atoms with Gasteiger partial charge in [-0.05, 0) is 20.3 Å². The maximum atomic E-state index is 11.9. The molecule has 0 aromatic carbocycles. The summed E-state index contributed by atoms with van der Waals surface area (Å²) in [6, 6.07) is 0. The Morgan fingerprint density at radius 1 is 1.44 bits per heavy atom. The Kier molecular flexibility index (Phi) is 4.69. The first kappa shape index (κ1) is 14.5. The minimum absolute atomic E-state index is 0.00950. The Bertz CT molecular complexity index is 342. The molecule has 1 fully saturated rings. The zero-order valence-corrected chi connectivity index (χ0v) is 11.1. The van der Waals surface area contributed by atoms with Gasteiger partial charge >= 0.3 is 0 Å². The average Bonchev–Trinajstić information content (AvgIpc) is 2.35. The van der Waals surface area contributed by atoms with Crippen molar-refractivity contribution in [2.45, 2.75) is 26.7 Å². The normalized spacial score (nSPS) is 19.9. The number of amides is 3. The Labute approximate surface area is 107 Å². The molecule has 0 saturated carbocycles. The molecule has 18 heavy (non-hydrogen) atoms. The number of carbonyl (C=O) groups excluding carboxylic acids is 3. The third-order valence-electron chi connectivity index (χ3n) is 3.18. The first-order valence-electron chi connectivity index (χ1n) is 6.13. The van der Waals surface area contributed by atoms with Gasteiger partial charge in [-0.25, -0.2) is 0 Å². The molecule has 6 nitrogen and oxygen atoms in total. The fraction of sp³-hybridized carbons (Fsp3) is 0.750. The zero-order valence-electron chi connectivity index (χ0n) is 11.1. The lowest BCUT2D eigenvalue weighted by molar-refractivity contribution is -0.131. The quantitative estimate of drug-likeness (QED) is 0.627. The van der Waals surface area contributed by atoms with Crippen molar-refractivity contribution in [2.75, 3.05) is 20.1 Å². The molecule has 0 radical (unpaired) electrons. The van der Waals surface area contributed by atoms with E-state index in [-0.39, 0.29) is 30.2 Å². The van der Waals surface area contributed by atoms with Crippen LogP contribution in [0.1, 0.15) is 26.7 Å². The van der Waals surface area contributed by atoms with Crippen molar-refractivity contribution in [3.8, 4) is 0 Å². The number of carbonyl (C=O) groups is 3. The van der Waals surface area contributed by atoms with Gasteiger partial charge in [0.1, 0.15) is 0 Å². The molecule has 0 aromatic heterocycles. The molecule has 1 rings (SSSR count). The lowest BCUT2D eigenvalue weighted by Gasteiger charge is -2.26. The lowest BCUT2D eigenvalue weighted by atomic mass is 9.91. The number of hydrogen-bond acceptors (Lipinski definition) is 3. The fourth-order valence-corrected chi connectivity index (χ4v) is 1.83. The maximum absolute atomic E-state index is 11.9. The van der Waals surface area contributed by atoms with Gasteiger partial charge in [-0.15, -0.1) is 0 Å². The zero-order chi connectivity index (χ0) is 13.8. The summed E-state index contributed by atoms with van der Waals surface area (Å²) in [5.74, 6) is -0.417. The van der Waals surface area contributed by atoms with E-state index >= 15 is 0 Å². The summed E-state index contributed by atoms with van der Waals surface area (Å²) >= 11 is 0. The predicted molar refractivity (Wildman–Crippen MR) is 66.6 cm³/mol. The Balaban J connectivity index is 2.41. The van der Waals surface area contributed by atoms with Crippen molar-refractivity contribution in [3.05, 3.63) is 0 Å². The van der Waals surface area contributed by atoms with Crippen LogP contribution in [0.3, 0.4) is 0 Å². The van der Waals surface area contributed by atoms with E-state index in [1.807, 2.05) is 0 Å². The van der Waals surface area contributed by atoms with Crippen LogP contribution in [0, 0.1) is 11.3 Å². The van der Waals surface area contributed by atoms with Gasteiger partial charge in [-0.1, -0.05) is 0 Å². The summed E-state index contributed by atoms with van der Waals surface area (Å²) in [5, 5.41) is 8.00. The maximum Gasteiger partial charge on any atom is 0.227 e. The van der Waals surface area contributed by atoms with E-state index in [0.717, 1.165) is 0 Å². The second-order valence-electron chi connectivity index (χ2n) is 5.22. The van der Waals surface area contributed by atoms with Crippen LogP contribution < -0.4 is 16.0 Å². The molecule has 0 aromatic rings.